The predicted molar refractivity (Wildman–Crippen MR) is 77.7 cm³/mol. The first-order chi connectivity index (χ1) is 8.76. The smallest absolute Gasteiger partial charge is 0.407 e. The van der Waals surface area contributed by atoms with Gasteiger partial charge in [0, 0.05) is 19.1 Å². The molecule has 1 unspecified atom stereocenters. The topological polar surface area (TPSA) is 63.2 Å². The third-order valence-corrected chi connectivity index (χ3v) is 3.19. The van der Waals surface area contributed by atoms with Crippen molar-refractivity contribution in [3.05, 3.63) is 15.5 Å². The zero-order chi connectivity index (χ0) is 14.5. The van der Waals surface area contributed by atoms with Crippen LogP contribution in [0.3, 0.4) is 0 Å². The Morgan fingerprint density at radius 2 is 2.26 bits per heavy atom. The van der Waals surface area contributed by atoms with Crippen LogP contribution in [0, 0.1) is 0 Å². The van der Waals surface area contributed by atoms with E-state index in [1.54, 1.807) is 6.20 Å². The Balaban J connectivity index is 2.21. The van der Waals surface area contributed by atoms with Gasteiger partial charge in [-0.05, 0) is 27.7 Å². The molecule has 0 saturated heterocycles. The number of rotatable bonds is 5. The van der Waals surface area contributed by atoms with Crippen LogP contribution in [-0.2, 0) is 11.3 Å². The molecule has 1 aromatic rings. The maximum Gasteiger partial charge on any atom is 0.407 e. The number of carbonyl (C=O) groups excluding carboxylic acids is 1. The summed E-state index contributed by atoms with van der Waals surface area (Å²) < 4.78 is 5.83. The van der Waals surface area contributed by atoms with Crippen molar-refractivity contribution < 1.29 is 9.53 Å². The van der Waals surface area contributed by atoms with Crippen molar-refractivity contribution in [2.24, 2.45) is 0 Å². The van der Waals surface area contributed by atoms with Crippen molar-refractivity contribution in [3.8, 4) is 0 Å². The predicted octanol–water partition coefficient (Wildman–Crippen LogP) is 2.80. The van der Waals surface area contributed by atoms with Crippen LogP contribution in [0.1, 0.15) is 32.7 Å². The molecule has 0 aliphatic carbocycles. The number of hydrogen-bond acceptors (Lipinski definition) is 5. The molecular formula is C12H20ClN3O2S. The van der Waals surface area contributed by atoms with Crippen LogP contribution in [0.25, 0.3) is 0 Å². The number of aromatic nitrogens is 1. The summed E-state index contributed by atoms with van der Waals surface area (Å²) in [7, 11) is 0. The molecule has 2 N–H and O–H groups in total. The van der Waals surface area contributed by atoms with Crippen LogP contribution in [-0.4, -0.2) is 29.3 Å². The lowest BCUT2D eigenvalue weighted by atomic mass is 10.2. The molecule has 0 saturated carbocycles. The second kappa shape index (κ2) is 7.07. The highest BCUT2D eigenvalue weighted by atomic mass is 35.5. The van der Waals surface area contributed by atoms with Crippen LogP contribution >= 0.6 is 22.9 Å². The Bertz CT molecular complexity index is 417. The van der Waals surface area contributed by atoms with Gasteiger partial charge in [-0.3, -0.25) is 0 Å². The Morgan fingerprint density at radius 1 is 1.58 bits per heavy atom. The molecular weight excluding hydrogens is 286 g/mol. The van der Waals surface area contributed by atoms with Gasteiger partial charge in [-0.15, -0.1) is 11.3 Å². The standard InChI is InChI=1S/C12H20ClN3O2S/c1-8(5-16-11(17)18-12(2,3)4)14-7-10-15-6-9(13)19-10/h6,8,14H,5,7H2,1-4H3,(H,16,17). The number of nitrogens with one attached hydrogen (secondary N) is 2. The summed E-state index contributed by atoms with van der Waals surface area (Å²) in [5.74, 6) is 0. The van der Waals surface area contributed by atoms with Gasteiger partial charge < -0.3 is 15.4 Å². The molecule has 0 aliphatic heterocycles. The first-order valence-corrected chi connectivity index (χ1v) is 7.26. The molecule has 108 valence electrons. The quantitative estimate of drug-likeness (QED) is 0.878. The van der Waals surface area contributed by atoms with E-state index in [0.29, 0.717) is 17.4 Å². The third-order valence-electron chi connectivity index (χ3n) is 2.08. The fourth-order valence-electron chi connectivity index (χ4n) is 1.25. The summed E-state index contributed by atoms with van der Waals surface area (Å²) in [5.41, 5.74) is -0.474. The van der Waals surface area contributed by atoms with Gasteiger partial charge in [0.1, 0.15) is 14.9 Å². The minimum atomic E-state index is -0.474. The number of carbonyl (C=O) groups is 1. The van der Waals surface area contributed by atoms with Gasteiger partial charge in [-0.1, -0.05) is 11.6 Å². The van der Waals surface area contributed by atoms with Crippen molar-refractivity contribution in [2.75, 3.05) is 6.54 Å². The van der Waals surface area contributed by atoms with E-state index >= 15 is 0 Å². The van der Waals surface area contributed by atoms with E-state index in [9.17, 15) is 4.79 Å². The minimum absolute atomic E-state index is 0.121. The number of nitrogens with zero attached hydrogens (tertiary/aromatic N) is 1. The Kier molecular flexibility index (Phi) is 6.03. The maximum atomic E-state index is 11.5. The molecule has 1 atom stereocenters. The van der Waals surface area contributed by atoms with Crippen LogP contribution in [0.15, 0.2) is 6.20 Å². The zero-order valence-electron chi connectivity index (χ0n) is 11.6. The van der Waals surface area contributed by atoms with Crippen molar-refractivity contribution in [1.82, 2.24) is 15.6 Å². The van der Waals surface area contributed by atoms with E-state index in [4.69, 9.17) is 16.3 Å². The molecule has 0 aromatic carbocycles. The molecule has 1 rings (SSSR count). The van der Waals surface area contributed by atoms with Crippen molar-refractivity contribution in [2.45, 2.75) is 45.9 Å². The highest BCUT2D eigenvalue weighted by molar-refractivity contribution is 7.15. The largest absolute Gasteiger partial charge is 0.444 e. The number of thiazole rings is 1. The van der Waals surface area contributed by atoms with Gasteiger partial charge in [-0.25, -0.2) is 9.78 Å². The fourth-order valence-corrected chi connectivity index (χ4v) is 2.16. The number of hydrogen-bond donors (Lipinski definition) is 2. The van der Waals surface area contributed by atoms with E-state index in [-0.39, 0.29) is 6.04 Å². The summed E-state index contributed by atoms with van der Waals surface area (Å²) in [6.07, 6.45) is 1.23. The second-order valence-electron chi connectivity index (χ2n) is 5.22. The van der Waals surface area contributed by atoms with Gasteiger partial charge in [0.25, 0.3) is 0 Å². The molecule has 1 heterocycles. The molecule has 7 heteroatoms. The summed E-state index contributed by atoms with van der Waals surface area (Å²) in [4.78, 5) is 15.6. The normalized spacial score (nSPS) is 13.1. The monoisotopic (exact) mass is 305 g/mol. The SMILES string of the molecule is CC(CNC(=O)OC(C)(C)C)NCc1ncc(Cl)s1. The molecule has 19 heavy (non-hydrogen) atoms. The number of amides is 1. The Hall–Kier alpha value is -0.850. The number of alkyl carbamates (subject to hydrolysis) is 1. The summed E-state index contributed by atoms with van der Waals surface area (Å²) in [6.45, 7) is 8.61. The minimum Gasteiger partial charge on any atom is -0.444 e. The zero-order valence-corrected chi connectivity index (χ0v) is 13.2. The molecule has 0 spiro atoms. The Labute approximate surface area is 122 Å². The van der Waals surface area contributed by atoms with Crippen molar-refractivity contribution >= 4 is 29.0 Å². The lowest BCUT2D eigenvalue weighted by Gasteiger charge is -2.21. The first-order valence-electron chi connectivity index (χ1n) is 6.07. The van der Waals surface area contributed by atoms with Gasteiger partial charge in [0.2, 0.25) is 0 Å². The van der Waals surface area contributed by atoms with E-state index in [0.717, 1.165) is 5.01 Å². The highest BCUT2D eigenvalue weighted by Gasteiger charge is 2.16. The summed E-state index contributed by atoms with van der Waals surface area (Å²) >= 11 is 7.24. The van der Waals surface area contributed by atoms with Gasteiger partial charge in [0.05, 0.1) is 6.20 Å². The van der Waals surface area contributed by atoms with Gasteiger partial charge in [0.15, 0.2) is 0 Å². The van der Waals surface area contributed by atoms with Crippen molar-refractivity contribution in [3.63, 3.8) is 0 Å². The fraction of sp³-hybridized carbons (Fsp3) is 0.667. The third kappa shape index (κ3) is 7.34. The number of ether oxygens (including phenoxy) is 1. The molecule has 1 aromatic heterocycles. The average molecular weight is 306 g/mol. The van der Waals surface area contributed by atoms with E-state index < -0.39 is 11.7 Å². The van der Waals surface area contributed by atoms with Crippen LogP contribution in [0.2, 0.25) is 4.34 Å². The van der Waals surface area contributed by atoms with E-state index in [1.165, 1.54) is 11.3 Å². The lowest BCUT2D eigenvalue weighted by Crippen LogP contribution is -2.40. The maximum absolute atomic E-state index is 11.5. The first kappa shape index (κ1) is 16.2. The molecule has 1 amide bonds. The molecule has 5 nitrogen and oxygen atoms in total. The lowest BCUT2D eigenvalue weighted by molar-refractivity contribution is 0.0523. The second-order valence-corrected chi connectivity index (χ2v) is 6.97. The van der Waals surface area contributed by atoms with Crippen LogP contribution in [0.5, 0.6) is 0 Å². The Morgan fingerprint density at radius 3 is 2.79 bits per heavy atom. The molecule has 0 aliphatic rings. The molecule has 0 bridgehead atoms. The molecule has 0 fully saturated rings. The average Bonchev–Trinajstić information content (AvgIpc) is 2.67. The van der Waals surface area contributed by atoms with Crippen molar-refractivity contribution in [1.29, 1.82) is 0 Å². The number of halogens is 1. The van der Waals surface area contributed by atoms with Gasteiger partial charge in [-0.2, -0.15) is 0 Å². The highest BCUT2D eigenvalue weighted by Crippen LogP contribution is 2.17. The molecule has 0 radical (unpaired) electrons. The summed E-state index contributed by atoms with van der Waals surface area (Å²) in [5, 5.41) is 6.89. The van der Waals surface area contributed by atoms with E-state index in [1.807, 2.05) is 27.7 Å². The van der Waals surface area contributed by atoms with E-state index in [2.05, 4.69) is 15.6 Å². The summed E-state index contributed by atoms with van der Waals surface area (Å²) in [6, 6.07) is 0.121. The van der Waals surface area contributed by atoms with Crippen LogP contribution in [0.4, 0.5) is 4.79 Å². The van der Waals surface area contributed by atoms with Crippen LogP contribution < -0.4 is 10.6 Å². The van der Waals surface area contributed by atoms with Gasteiger partial charge >= 0.3 is 6.09 Å².